The highest BCUT2D eigenvalue weighted by atomic mass is 127. The van der Waals surface area contributed by atoms with Gasteiger partial charge in [-0.1, -0.05) is 36.8 Å². The van der Waals surface area contributed by atoms with Gasteiger partial charge in [-0.25, -0.2) is 0 Å². The van der Waals surface area contributed by atoms with Crippen molar-refractivity contribution in [2.75, 3.05) is 46.4 Å². The van der Waals surface area contributed by atoms with E-state index >= 15 is 0 Å². The van der Waals surface area contributed by atoms with Gasteiger partial charge in [0, 0.05) is 38.1 Å². The highest BCUT2D eigenvalue weighted by Gasteiger charge is 2.30. The highest BCUT2D eigenvalue weighted by Crippen LogP contribution is 2.21. The van der Waals surface area contributed by atoms with Crippen molar-refractivity contribution in [1.29, 1.82) is 0 Å². The van der Waals surface area contributed by atoms with E-state index in [2.05, 4.69) is 58.2 Å². The van der Waals surface area contributed by atoms with Gasteiger partial charge in [-0.3, -0.25) is 9.89 Å². The van der Waals surface area contributed by atoms with E-state index in [9.17, 15) is 0 Å². The second-order valence-corrected chi connectivity index (χ2v) is 8.86. The van der Waals surface area contributed by atoms with E-state index in [0.717, 1.165) is 32.2 Å². The summed E-state index contributed by atoms with van der Waals surface area (Å²) in [7, 11) is 1.90. The Balaban J connectivity index is 0.00000300. The molecule has 0 saturated carbocycles. The van der Waals surface area contributed by atoms with E-state index < -0.39 is 0 Å². The van der Waals surface area contributed by atoms with Crippen LogP contribution in [0.4, 0.5) is 0 Å². The number of hydrogen-bond donors (Lipinski definition) is 1. The molecule has 0 aromatic heterocycles. The molecule has 2 fully saturated rings. The minimum atomic E-state index is 0. The summed E-state index contributed by atoms with van der Waals surface area (Å²) in [6.45, 7) is 11.7. The number of hydrogen-bond acceptors (Lipinski definition) is 3. The van der Waals surface area contributed by atoms with Crippen LogP contribution in [-0.2, 0) is 11.3 Å². The predicted molar refractivity (Wildman–Crippen MR) is 132 cm³/mol. The Morgan fingerprint density at radius 1 is 1.14 bits per heavy atom. The maximum atomic E-state index is 5.97. The summed E-state index contributed by atoms with van der Waals surface area (Å²) in [5.74, 6) is 1.62. The van der Waals surface area contributed by atoms with Crippen LogP contribution in [0.1, 0.15) is 45.1 Å². The zero-order chi connectivity index (χ0) is 19.8. The second-order valence-electron chi connectivity index (χ2n) is 8.86. The highest BCUT2D eigenvalue weighted by molar-refractivity contribution is 14.0. The summed E-state index contributed by atoms with van der Waals surface area (Å²) in [5, 5.41) is 3.64. The smallest absolute Gasteiger partial charge is 0.193 e. The van der Waals surface area contributed by atoms with Crippen molar-refractivity contribution in [2.24, 2.45) is 10.9 Å². The van der Waals surface area contributed by atoms with Gasteiger partial charge < -0.3 is 15.0 Å². The number of halogens is 1. The number of nitrogens with one attached hydrogen (secondary N) is 1. The van der Waals surface area contributed by atoms with Crippen molar-refractivity contribution >= 4 is 29.9 Å². The normalized spacial score (nSPS) is 21.1. The molecule has 0 bridgehead atoms. The zero-order valence-corrected chi connectivity index (χ0v) is 20.7. The number of aliphatic imine (C=N–C) groups is 1. The quantitative estimate of drug-likeness (QED) is 0.340. The standard InChI is InChI=1S/C23H38N4O.HI/c1-23(2,27-13-8-5-9-14-27)19-25-22(24-3)26-15-12-21(16-26)18-28-17-20-10-6-4-7-11-20;/h4,6-7,10-11,21H,5,8-9,12-19H2,1-3H3,(H,24,25);1H. The largest absolute Gasteiger partial charge is 0.376 e. The topological polar surface area (TPSA) is 40.1 Å². The molecule has 2 aliphatic heterocycles. The number of likely N-dealkylation sites (tertiary alicyclic amines) is 2. The molecule has 0 spiro atoms. The molecule has 6 heteroatoms. The number of ether oxygens (including phenoxy) is 1. The van der Waals surface area contributed by atoms with Crippen LogP contribution in [0.3, 0.4) is 0 Å². The first-order valence-corrected chi connectivity index (χ1v) is 10.9. The third-order valence-corrected chi connectivity index (χ3v) is 6.15. The molecular weight excluding hydrogens is 475 g/mol. The van der Waals surface area contributed by atoms with Crippen molar-refractivity contribution in [3.63, 3.8) is 0 Å². The molecule has 3 rings (SSSR count). The molecule has 1 aromatic rings. The molecule has 0 radical (unpaired) electrons. The molecule has 1 atom stereocenters. The molecule has 164 valence electrons. The number of nitrogens with zero attached hydrogens (tertiary/aromatic N) is 3. The van der Waals surface area contributed by atoms with E-state index in [1.165, 1.54) is 44.3 Å². The molecule has 0 amide bonds. The van der Waals surface area contributed by atoms with Crippen LogP contribution < -0.4 is 5.32 Å². The molecule has 5 nitrogen and oxygen atoms in total. The van der Waals surface area contributed by atoms with E-state index in [1.807, 2.05) is 13.1 Å². The van der Waals surface area contributed by atoms with E-state index in [-0.39, 0.29) is 29.5 Å². The maximum Gasteiger partial charge on any atom is 0.193 e. The fourth-order valence-corrected chi connectivity index (χ4v) is 4.32. The van der Waals surface area contributed by atoms with Crippen molar-refractivity contribution < 1.29 is 4.74 Å². The van der Waals surface area contributed by atoms with E-state index in [0.29, 0.717) is 12.5 Å². The summed E-state index contributed by atoms with van der Waals surface area (Å²) < 4.78 is 5.97. The van der Waals surface area contributed by atoms with Gasteiger partial charge in [0.25, 0.3) is 0 Å². The van der Waals surface area contributed by atoms with Crippen molar-refractivity contribution in [1.82, 2.24) is 15.1 Å². The number of piperidine rings is 1. The first-order valence-electron chi connectivity index (χ1n) is 10.9. The molecule has 2 aliphatic rings. The molecule has 1 N–H and O–H groups in total. The van der Waals surface area contributed by atoms with Gasteiger partial charge >= 0.3 is 0 Å². The fraction of sp³-hybridized carbons (Fsp3) is 0.696. The fourth-order valence-electron chi connectivity index (χ4n) is 4.32. The lowest BCUT2D eigenvalue weighted by atomic mass is 9.98. The molecule has 1 aromatic carbocycles. The van der Waals surface area contributed by atoms with E-state index in [1.54, 1.807) is 0 Å². The maximum absolute atomic E-state index is 5.97. The van der Waals surface area contributed by atoms with Crippen molar-refractivity contribution in [3.8, 4) is 0 Å². The SMILES string of the molecule is CN=C(NCC(C)(C)N1CCCCC1)N1CCC(COCc2ccccc2)C1.I. The van der Waals surface area contributed by atoms with Gasteiger partial charge in [0.2, 0.25) is 0 Å². The van der Waals surface area contributed by atoms with Crippen LogP contribution >= 0.6 is 24.0 Å². The summed E-state index contributed by atoms with van der Waals surface area (Å²) in [5.41, 5.74) is 1.41. The Labute approximate surface area is 194 Å². The van der Waals surface area contributed by atoms with E-state index in [4.69, 9.17) is 4.74 Å². The first kappa shape index (κ1) is 24.4. The van der Waals surface area contributed by atoms with Gasteiger partial charge in [-0.2, -0.15) is 0 Å². The minimum absolute atomic E-state index is 0. The van der Waals surface area contributed by atoms with Gasteiger partial charge in [0.1, 0.15) is 0 Å². The summed E-state index contributed by atoms with van der Waals surface area (Å²) in [6.07, 6.45) is 5.21. The molecule has 2 heterocycles. The summed E-state index contributed by atoms with van der Waals surface area (Å²) in [6, 6.07) is 10.4. The summed E-state index contributed by atoms with van der Waals surface area (Å²) >= 11 is 0. The lowest BCUT2D eigenvalue weighted by Crippen LogP contribution is -2.55. The monoisotopic (exact) mass is 514 g/mol. The van der Waals surface area contributed by atoms with Crippen LogP contribution in [0.25, 0.3) is 0 Å². The Hall–Kier alpha value is -0.860. The van der Waals surface area contributed by atoms with Gasteiger partial charge in [-0.15, -0.1) is 24.0 Å². The molecule has 1 unspecified atom stereocenters. The van der Waals surface area contributed by atoms with Crippen LogP contribution in [0.15, 0.2) is 35.3 Å². The lowest BCUT2D eigenvalue weighted by molar-refractivity contribution is 0.0902. The Morgan fingerprint density at radius 3 is 2.55 bits per heavy atom. The third-order valence-electron chi connectivity index (χ3n) is 6.15. The minimum Gasteiger partial charge on any atom is -0.376 e. The third kappa shape index (κ3) is 7.40. The van der Waals surface area contributed by atoms with Gasteiger partial charge in [0.15, 0.2) is 5.96 Å². The van der Waals surface area contributed by atoms with Crippen molar-refractivity contribution in [3.05, 3.63) is 35.9 Å². The Morgan fingerprint density at radius 2 is 1.86 bits per heavy atom. The lowest BCUT2D eigenvalue weighted by Gasteiger charge is -2.41. The Kier molecular flexibility index (Phi) is 10.2. The van der Waals surface area contributed by atoms with Crippen LogP contribution in [-0.4, -0.2) is 67.7 Å². The Bertz CT molecular complexity index is 617. The van der Waals surface area contributed by atoms with Crippen LogP contribution in [0.2, 0.25) is 0 Å². The van der Waals surface area contributed by atoms with Crippen molar-refractivity contribution in [2.45, 2.75) is 51.7 Å². The predicted octanol–water partition coefficient (Wildman–Crippen LogP) is 3.98. The van der Waals surface area contributed by atoms with Crippen LogP contribution in [0.5, 0.6) is 0 Å². The zero-order valence-electron chi connectivity index (χ0n) is 18.4. The van der Waals surface area contributed by atoms with Gasteiger partial charge in [0.05, 0.1) is 13.2 Å². The average molecular weight is 514 g/mol. The number of benzene rings is 1. The van der Waals surface area contributed by atoms with Crippen LogP contribution in [0, 0.1) is 5.92 Å². The molecule has 0 aliphatic carbocycles. The first-order chi connectivity index (χ1) is 13.6. The second kappa shape index (κ2) is 12.1. The number of rotatable bonds is 7. The number of guanidine groups is 1. The molecule has 2 saturated heterocycles. The summed E-state index contributed by atoms with van der Waals surface area (Å²) in [4.78, 5) is 9.57. The molecular formula is C23H39IN4O. The van der Waals surface area contributed by atoms with Gasteiger partial charge in [-0.05, 0) is 51.8 Å². The average Bonchev–Trinajstić information content (AvgIpc) is 3.18. The molecule has 29 heavy (non-hydrogen) atoms.